The number of benzene rings is 2. The zero-order valence-corrected chi connectivity index (χ0v) is 20.1. The number of rotatable bonds is 6. The normalized spacial score (nSPS) is 14.0. The molecule has 1 fully saturated rings. The highest BCUT2D eigenvalue weighted by molar-refractivity contribution is 5.94. The van der Waals surface area contributed by atoms with Gasteiger partial charge < -0.3 is 19.7 Å². The zero-order valence-electron chi connectivity index (χ0n) is 20.1. The molecule has 9 heteroatoms. The molecule has 2 aromatic carbocycles. The molecular weight excluding hydrogens is 461 g/mol. The van der Waals surface area contributed by atoms with Gasteiger partial charge in [-0.1, -0.05) is 12.1 Å². The van der Waals surface area contributed by atoms with Crippen LogP contribution in [0.25, 0.3) is 22.3 Å². The Kier molecular flexibility index (Phi) is 6.62. The minimum Gasteiger partial charge on any atom is -0.493 e. The van der Waals surface area contributed by atoms with Crippen molar-refractivity contribution < 1.29 is 18.7 Å². The number of nitrogens with zero attached hydrogens (tertiary/aromatic N) is 4. The minimum atomic E-state index is -0.322. The number of hydrogen-bond acceptors (Lipinski definition) is 7. The van der Waals surface area contributed by atoms with Crippen LogP contribution in [0.5, 0.6) is 11.5 Å². The van der Waals surface area contributed by atoms with Crippen LogP contribution in [0.1, 0.15) is 23.2 Å². The summed E-state index contributed by atoms with van der Waals surface area (Å²) in [5.74, 6) is 1.52. The molecule has 0 atom stereocenters. The molecule has 3 heterocycles. The lowest BCUT2D eigenvalue weighted by Gasteiger charge is -2.33. The third kappa shape index (κ3) is 4.91. The van der Waals surface area contributed by atoms with Crippen LogP contribution in [-0.4, -0.2) is 54.2 Å². The van der Waals surface area contributed by atoms with Gasteiger partial charge in [-0.3, -0.25) is 14.8 Å². The van der Waals surface area contributed by atoms with Crippen molar-refractivity contribution in [2.75, 3.05) is 32.2 Å². The van der Waals surface area contributed by atoms with E-state index in [1.165, 1.54) is 18.3 Å². The molecule has 0 aliphatic carbocycles. The van der Waals surface area contributed by atoms with Crippen molar-refractivity contribution in [3.8, 4) is 22.8 Å². The summed E-state index contributed by atoms with van der Waals surface area (Å²) in [6, 6.07) is 13.4. The Morgan fingerprint density at radius 2 is 1.72 bits per heavy atom. The quantitative estimate of drug-likeness (QED) is 0.435. The molecule has 5 rings (SSSR count). The fraction of sp³-hybridized carbons (Fsp3) is 0.259. The maximum atomic E-state index is 13.5. The average molecular weight is 488 g/mol. The molecule has 8 nitrogen and oxygen atoms in total. The van der Waals surface area contributed by atoms with Crippen molar-refractivity contribution in [2.45, 2.75) is 18.9 Å². The number of halogens is 1. The van der Waals surface area contributed by atoms with Gasteiger partial charge in [0.05, 0.1) is 42.7 Å². The molecule has 0 unspecified atom stereocenters. The van der Waals surface area contributed by atoms with E-state index in [0.29, 0.717) is 28.3 Å². The SMILES string of the molecule is COc1cc2ncc(N3CCC(NC(=O)c4ccc(-c5cccc(F)c5)nc4)CC3)nc2cc1OC. The first-order chi connectivity index (χ1) is 17.5. The molecule has 0 radical (unpaired) electrons. The predicted octanol–water partition coefficient (Wildman–Crippen LogP) is 4.25. The van der Waals surface area contributed by atoms with Crippen LogP contribution in [0, 0.1) is 5.82 Å². The van der Waals surface area contributed by atoms with Gasteiger partial charge in [-0.25, -0.2) is 9.37 Å². The van der Waals surface area contributed by atoms with Crippen LogP contribution in [0.3, 0.4) is 0 Å². The zero-order chi connectivity index (χ0) is 25.1. The molecule has 0 spiro atoms. The maximum Gasteiger partial charge on any atom is 0.253 e. The molecule has 1 saturated heterocycles. The van der Waals surface area contributed by atoms with E-state index in [-0.39, 0.29) is 17.8 Å². The number of carbonyl (C=O) groups excluding carboxylic acids is 1. The molecular formula is C27H26FN5O3. The topological polar surface area (TPSA) is 89.5 Å². The van der Waals surface area contributed by atoms with Gasteiger partial charge in [-0.05, 0) is 37.1 Å². The number of amides is 1. The van der Waals surface area contributed by atoms with Gasteiger partial charge in [-0.15, -0.1) is 0 Å². The molecule has 1 aliphatic rings. The highest BCUT2D eigenvalue weighted by Gasteiger charge is 2.23. The Morgan fingerprint density at radius 1 is 0.972 bits per heavy atom. The first-order valence-corrected chi connectivity index (χ1v) is 11.7. The summed E-state index contributed by atoms with van der Waals surface area (Å²) >= 11 is 0. The highest BCUT2D eigenvalue weighted by Crippen LogP contribution is 2.31. The highest BCUT2D eigenvalue weighted by atomic mass is 19.1. The summed E-state index contributed by atoms with van der Waals surface area (Å²) < 4.78 is 24.2. The van der Waals surface area contributed by atoms with Crippen molar-refractivity contribution in [3.63, 3.8) is 0 Å². The summed E-state index contributed by atoms with van der Waals surface area (Å²) in [5, 5.41) is 3.10. The summed E-state index contributed by atoms with van der Waals surface area (Å²) in [7, 11) is 3.18. The fourth-order valence-corrected chi connectivity index (χ4v) is 4.35. The first-order valence-electron chi connectivity index (χ1n) is 11.7. The van der Waals surface area contributed by atoms with Gasteiger partial charge in [-0.2, -0.15) is 0 Å². The van der Waals surface area contributed by atoms with E-state index in [1.807, 2.05) is 12.1 Å². The van der Waals surface area contributed by atoms with Crippen molar-refractivity contribution in [1.29, 1.82) is 0 Å². The Morgan fingerprint density at radius 3 is 2.39 bits per heavy atom. The first kappa shape index (κ1) is 23.5. The average Bonchev–Trinajstić information content (AvgIpc) is 2.92. The summed E-state index contributed by atoms with van der Waals surface area (Å²) in [6.07, 6.45) is 4.86. The fourth-order valence-electron chi connectivity index (χ4n) is 4.35. The molecule has 1 N–H and O–H groups in total. The third-order valence-corrected chi connectivity index (χ3v) is 6.34. The van der Waals surface area contributed by atoms with Gasteiger partial charge in [0.1, 0.15) is 11.6 Å². The van der Waals surface area contributed by atoms with Gasteiger partial charge in [0.25, 0.3) is 5.91 Å². The van der Waals surface area contributed by atoms with Crippen LogP contribution >= 0.6 is 0 Å². The summed E-state index contributed by atoms with van der Waals surface area (Å²) in [5.41, 5.74) is 3.23. The van der Waals surface area contributed by atoms with E-state index >= 15 is 0 Å². The maximum absolute atomic E-state index is 13.5. The Balaban J connectivity index is 1.20. The van der Waals surface area contributed by atoms with Crippen molar-refractivity contribution in [3.05, 3.63) is 72.3 Å². The monoisotopic (exact) mass is 487 g/mol. The van der Waals surface area contributed by atoms with E-state index in [4.69, 9.17) is 14.5 Å². The van der Waals surface area contributed by atoms with E-state index in [9.17, 15) is 9.18 Å². The van der Waals surface area contributed by atoms with E-state index in [1.54, 1.807) is 44.7 Å². The smallest absolute Gasteiger partial charge is 0.253 e. The van der Waals surface area contributed by atoms with E-state index < -0.39 is 0 Å². The van der Waals surface area contributed by atoms with Crippen molar-refractivity contribution >= 4 is 22.8 Å². The van der Waals surface area contributed by atoms with Gasteiger partial charge in [0.15, 0.2) is 11.5 Å². The summed E-state index contributed by atoms with van der Waals surface area (Å²) in [4.78, 5) is 28.6. The second kappa shape index (κ2) is 10.2. The lowest BCUT2D eigenvalue weighted by molar-refractivity contribution is 0.0930. The predicted molar refractivity (Wildman–Crippen MR) is 135 cm³/mol. The van der Waals surface area contributed by atoms with Crippen molar-refractivity contribution in [1.82, 2.24) is 20.3 Å². The molecule has 36 heavy (non-hydrogen) atoms. The number of pyridine rings is 1. The number of hydrogen-bond donors (Lipinski definition) is 1. The van der Waals surface area contributed by atoms with Crippen molar-refractivity contribution in [2.24, 2.45) is 0 Å². The Bertz CT molecular complexity index is 1390. The number of aromatic nitrogens is 3. The standard InChI is InChI=1S/C27H26FN5O3/c1-35-24-13-22-23(14-25(24)36-2)32-26(16-30-22)33-10-8-20(9-11-33)31-27(34)18-6-7-21(29-15-18)17-4-3-5-19(28)12-17/h3-7,12-16,20H,8-11H2,1-2H3,(H,31,34). The molecule has 184 valence electrons. The number of nitrogens with one attached hydrogen (secondary N) is 1. The number of carbonyl (C=O) groups is 1. The molecule has 0 saturated carbocycles. The largest absolute Gasteiger partial charge is 0.493 e. The van der Waals surface area contributed by atoms with Crippen LogP contribution in [0.15, 0.2) is 60.9 Å². The Hall–Kier alpha value is -4.27. The second-order valence-corrected chi connectivity index (χ2v) is 8.60. The second-order valence-electron chi connectivity index (χ2n) is 8.60. The number of anilines is 1. The molecule has 1 aliphatic heterocycles. The van der Waals surface area contributed by atoms with Crippen LogP contribution < -0.4 is 19.7 Å². The molecule has 0 bridgehead atoms. The summed E-state index contributed by atoms with van der Waals surface area (Å²) in [6.45, 7) is 1.49. The van der Waals surface area contributed by atoms with Crippen LogP contribution in [0.2, 0.25) is 0 Å². The van der Waals surface area contributed by atoms with Crippen LogP contribution in [0.4, 0.5) is 10.2 Å². The lowest BCUT2D eigenvalue weighted by atomic mass is 10.0. The van der Waals surface area contributed by atoms with E-state index in [0.717, 1.165) is 42.8 Å². The van der Waals surface area contributed by atoms with Gasteiger partial charge in [0, 0.05) is 43.0 Å². The van der Waals surface area contributed by atoms with Crippen LogP contribution in [-0.2, 0) is 0 Å². The number of methoxy groups -OCH3 is 2. The Labute approximate surface area is 208 Å². The molecule has 4 aromatic rings. The van der Waals surface area contributed by atoms with Gasteiger partial charge in [0.2, 0.25) is 0 Å². The number of fused-ring (bicyclic) bond motifs is 1. The molecule has 2 aromatic heterocycles. The minimum absolute atomic E-state index is 0.0504. The van der Waals surface area contributed by atoms with Gasteiger partial charge >= 0.3 is 0 Å². The molecule has 1 amide bonds. The lowest BCUT2D eigenvalue weighted by Crippen LogP contribution is -2.45. The van der Waals surface area contributed by atoms with E-state index in [2.05, 4.69) is 20.2 Å². The third-order valence-electron chi connectivity index (χ3n) is 6.34. The number of ether oxygens (including phenoxy) is 2. The number of piperidine rings is 1.